The van der Waals surface area contributed by atoms with E-state index in [0.717, 1.165) is 11.4 Å². The Labute approximate surface area is 154 Å². The topological polar surface area (TPSA) is 60.2 Å². The molecule has 3 rings (SSSR count). The fraction of sp³-hybridized carbons (Fsp3) is 0.235. The summed E-state index contributed by atoms with van der Waals surface area (Å²) in [4.78, 5) is 15.2. The molecule has 3 aromatic rings. The maximum atomic E-state index is 12.3. The molecule has 8 heteroatoms. The largest absolute Gasteiger partial charge is 0.497 e. The molecular weight excluding hydrogens is 356 g/mol. The quantitative estimate of drug-likeness (QED) is 0.595. The van der Waals surface area contributed by atoms with Crippen LogP contribution in [0.2, 0.25) is 0 Å². The summed E-state index contributed by atoms with van der Waals surface area (Å²) in [5.74, 6) is 1.12. The number of hydrogen-bond acceptors (Lipinski definition) is 6. The number of ether oxygens (including phenoxy) is 1. The van der Waals surface area contributed by atoms with Crippen LogP contribution in [-0.2, 0) is 11.3 Å². The number of methoxy groups -OCH3 is 1. The van der Waals surface area contributed by atoms with Gasteiger partial charge in [0.2, 0.25) is 5.91 Å². The molecule has 0 atom stereocenters. The normalized spacial score (nSPS) is 10.6. The minimum Gasteiger partial charge on any atom is -0.497 e. The SMILES string of the molecule is COc1cccc(-n2cnnc2SCC(=O)N(C)Cc2cccs2)c1. The zero-order chi connectivity index (χ0) is 17.6. The summed E-state index contributed by atoms with van der Waals surface area (Å²) in [5, 5.41) is 10.8. The molecule has 0 radical (unpaired) electrons. The van der Waals surface area contributed by atoms with E-state index in [1.807, 2.05) is 53.4 Å². The molecule has 0 fully saturated rings. The number of thiophene rings is 1. The average Bonchev–Trinajstić information content (AvgIpc) is 3.31. The predicted molar refractivity (Wildman–Crippen MR) is 99.4 cm³/mol. The van der Waals surface area contributed by atoms with Crippen molar-refractivity contribution in [2.24, 2.45) is 0 Å². The van der Waals surface area contributed by atoms with Gasteiger partial charge in [0.05, 0.1) is 25.1 Å². The third-order valence-corrected chi connectivity index (χ3v) is 5.36. The molecular formula is C17H18N4O2S2. The summed E-state index contributed by atoms with van der Waals surface area (Å²) in [6.07, 6.45) is 1.64. The maximum Gasteiger partial charge on any atom is 0.233 e. The van der Waals surface area contributed by atoms with Crippen molar-refractivity contribution >= 4 is 29.0 Å². The van der Waals surface area contributed by atoms with Crippen LogP contribution in [0.1, 0.15) is 4.88 Å². The van der Waals surface area contributed by atoms with E-state index in [1.165, 1.54) is 16.6 Å². The van der Waals surface area contributed by atoms with Crippen LogP contribution in [-0.4, -0.2) is 45.5 Å². The molecule has 0 saturated carbocycles. The highest BCUT2D eigenvalue weighted by atomic mass is 32.2. The highest BCUT2D eigenvalue weighted by Gasteiger charge is 2.14. The minimum absolute atomic E-state index is 0.0543. The van der Waals surface area contributed by atoms with Crippen LogP contribution in [0.25, 0.3) is 5.69 Å². The van der Waals surface area contributed by atoms with Gasteiger partial charge in [-0.25, -0.2) is 0 Å². The summed E-state index contributed by atoms with van der Waals surface area (Å²) in [7, 11) is 3.44. The van der Waals surface area contributed by atoms with E-state index in [1.54, 1.807) is 29.7 Å². The number of carbonyl (C=O) groups excluding carboxylic acids is 1. The van der Waals surface area contributed by atoms with Crippen LogP contribution in [0, 0.1) is 0 Å². The van der Waals surface area contributed by atoms with Gasteiger partial charge < -0.3 is 9.64 Å². The Morgan fingerprint density at radius 3 is 3.00 bits per heavy atom. The highest BCUT2D eigenvalue weighted by Crippen LogP contribution is 2.23. The van der Waals surface area contributed by atoms with Gasteiger partial charge in [-0.1, -0.05) is 23.9 Å². The molecule has 1 aromatic carbocycles. The van der Waals surface area contributed by atoms with Crippen molar-refractivity contribution < 1.29 is 9.53 Å². The van der Waals surface area contributed by atoms with E-state index in [2.05, 4.69) is 10.2 Å². The Morgan fingerprint density at radius 2 is 2.24 bits per heavy atom. The van der Waals surface area contributed by atoms with Gasteiger partial charge in [0, 0.05) is 18.0 Å². The van der Waals surface area contributed by atoms with Crippen LogP contribution in [0.5, 0.6) is 5.75 Å². The van der Waals surface area contributed by atoms with Crippen LogP contribution in [0.4, 0.5) is 0 Å². The smallest absolute Gasteiger partial charge is 0.233 e. The molecule has 130 valence electrons. The summed E-state index contributed by atoms with van der Waals surface area (Å²) in [6.45, 7) is 0.625. The van der Waals surface area contributed by atoms with E-state index < -0.39 is 0 Å². The summed E-state index contributed by atoms with van der Waals surface area (Å²) in [5.41, 5.74) is 0.895. The van der Waals surface area contributed by atoms with Gasteiger partial charge in [0.25, 0.3) is 0 Å². The first kappa shape index (κ1) is 17.5. The molecule has 0 unspecified atom stereocenters. The van der Waals surface area contributed by atoms with Crippen molar-refractivity contribution in [1.29, 1.82) is 0 Å². The lowest BCUT2D eigenvalue weighted by molar-refractivity contribution is -0.127. The lowest BCUT2D eigenvalue weighted by atomic mass is 10.3. The Morgan fingerprint density at radius 1 is 1.36 bits per heavy atom. The standard InChI is InChI=1S/C17H18N4O2S2/c1-20(10-15-7-4-8-24-15)16(22)11-25-17-19-18-12-21(17)13-5-3-6-14(9-13)23-2/h3-9,12H,10-11H2,1-2H3. The molecule has 2 aromatic heterocycles. The Balaban J connectivity index is 1.64. The van der Waals surface area contributed by atoms with Crippen LogP contribution in [0.15, 0.2) is 53.3 Å². The van der Waals surface area contributed by atoms with Gasteiger partial charge in [0.1, 0.15) is 12.1 Å². The Kier molecular flexibility index (Phi) is 5.72. The van der Waals surface area contributed by atoms with E-state index in [9.17, 15) is 4.79 Å². The second-order valence-electron chi connectivity index (χ2n) is 5.30. The average molecular weight is 374 g/mol. The molecule has 0 aliphatic rings. The second-order valence-corrected chi connectivity index (χ2v) is 7.28. The summed E-state index contributed by atoms with van der Waals surface area (Å²) < 4.78 is 7.10. The number of benzene rings is 1. The summed E-state index contributed by atoms with van der Waals surface area (Å²) in [6, 6.07) is 11.6. The number of rotatable bonds is 7. The first-order chi connectivity index (χ1) is 12.2. The lowest BCUT2D eigenvalue weighted by Crippen LogP contribution is -2.27. The van der Waals surface area contributed by atoms with E-state index in [-0.39, 0.29) is 5.91 Å². The van der Waals surface area contributed by atoms with Crippen molar-refractivity contribution in [3.8, 4) is 11.4 Å². The molecule has 0 saturated heterocycles. The number of hydrogen-bond donors (Lipinski definition) is 0. The van der Waals surface area contributed by atoms with E-state index in [4.69, 9.17) is 4.74 Å². The zero-order valence-electron chi connectivity index (χ0n) is 14.0. The molecule has 25 heavy (non-hydrogen) atoms. The maximum absolute atomic E-state index is 12.3. The Hall–Kier alpha value is -2.32. The van der Waals surface area contributed by atoms with Crippen molar-refractivity contribution in [2.75, 3.05) is 19.9 Å². The fourth-order valence-electron chi connectivity index (χ4n) is 2.22. The van der Waals surface area contributed by atoms with Crippen molar-refractivity contribution in [1.82, 2.24) is 19.7 Å². The Bertz CT molecular complexity index is 833. The van der Waals surface area contributed by atoms with E-state index in [0.29, 0.717) is 17.5 Å². The van der Waals surface area contributed by atoms with Crippen molar-refractivity contribution in [3.05, 3.63) is 53.0 Å². The molecule has 6 nitrogen and oxygen atoms in total. The van der Waals surface area contributed by atoms with Gasteiger partial charge in [-0.15, -0.1) is 21.5 Å². The molecule has 0 aliphatic carbocycles. The number of amides is 1. The monoisotopic (exact) mass is 374 g/mol. The van der Waals surface area contributed by atoms with E-state index >= 15 is 0 Å². The molecule has 0 N–H and O–H groups in total. The lowest BCUT2D eigenvalue weighted by Gasteiger charge is -2.16. The van der Waals surface area contributed by atoms with Crippen molar-refractivity contribution in [3.63, 3.8) is 0 Å². The van der Waals surface area contributed by atoms with Gasteiger partial charge in [0.15, 0.2) is 5.16 Å². The number of aromatic nitrogens is 3. The second kappa shape index (κ2) is 8.17. The number of carbonyl (C=O) groups is 1. The molecule has 2 heterocycles. The number of nitrogens with zero attached hydrogens (tertiary/aromatic N) is 4. The first-order valence-electron chi connectivity index (χ1n) is 7.61. The van der Waals surface area contributed by atoms with Gasteiger partial charge in [-0.3, -0.25) is 9.36 Å². The van der Waals surface area contributed by atoms with Gasteiger partial charge in [-0.2, -0.15) is 0 Å². The van der Waals surface area contributed by atoms with Gasteiger partial charge >= 0.3 is 0 Å². The molecule has 0 aliphatic heterocycles. The molecule has 1 amide bonds. The first-order valence-corrected chi connectivity index (χ1v) is 9.47. The minimum atomic E-state index is 0.0543. The fourth-order valence-corrected chi connectivity index (χ4v) is 3.85. The van der Waals surface area contributed by atoms with Crippen molar-refractivity contribution in [2.45, 2.75) is 11.7 Å². The van der Waals surface area contributed by atoms with Crippen LogP contribution in [0.3, 0.4) is 0 Å². The third-order valence-electron chi connectivity index (χ3n) is 3.57. The molecule has 0 spiro atoms. The van der Waals surface area contributed by atoms with Gasteiger partial charge in [-0.05, 0) is 23.6 Å². The summed E-state index contributed by atoms with van der Waals surface area (Å²) >= 11 is 3.02. The van der Waals surface area contributed by atoms with Crippen LogP contribution < -0.4 is 4.74 Å². The van der Waals surface area contributed by atoms with Crippen LogP contribution >= 0.6 is 23.1 Å². The third kappa shape index (κ3) is 4.40. The number of thioether (sulfide) groups is 1. The highest BCUT2D eigenvalue weighted by molar-refractivity contribution is 7.99. The predicted octanol–water partition coefficient (Wildman–Crippen LogP) is 3.09. The zero-order valence-corrected chi connectivity index (χ0v) is 15.6. The molecule has 0 bridgehead atoms.